The van der Waals surface area contributed by atoms with E-state index in [4.69, 9.17) is 0 Å². The molecular formula is C9H19O4P. The SMILES string of the molecule is CCCCCC(=O)CP(=O)(OC)OC. The van der Waals surface area contributed by atoms with Crippen molar-refractivity contribution in [3.63, 3.8) is 0 Å². The molecule has 84 valence electrons. The van der Waals surface area contributed by atoms with Crippen LogP contribution in [0.3, 0.4) is 0 Å². The maximum atomic E-state index is 11.5. The van der Waals surface area contributed by atoms with Gasteiger partial charge in [-0.25, -0.2) is 0 Å². The molecule has 0 saturated carbocycles. The molecule has 0 aromatic rings. The molecule has 5 heteroatoms. The molecule has 0 aromatic carbocycles. The summed E-state index contributed by atoms with van der Waals surface area (Å²) in [5.41, 5.74) is 0. The Labute approximate surface area is 85.5 Å². The molecule has 0 bridgehead atoms. The molecule has 14 heavy (non-hydrogen) atoms. The van der Waals surface area contributed by atoms with Crippen LogP contribution in [0.5, 0.6) is 0 Å². The largest absolute Gasteiger partial charge is 0.337 e. The summed E-state index contributed by atoms with van der Waals surface area (Å²) in [7, 11) is -0.545. The van der Waals surface area contributed by atoms with Crippen molar-refractivity contribution in [3.05, 3.63) is 0 Å². The third-order valence-corrected chi connectivity index (χ3v) is 3.84. The summed E-state index contributed by atoms with van der Waals surface area (Å²) >= 11 is 0. The van der Waals surface area contributed by atoms with E-state index in [1.165, 1.54) is 14.2 Å². The van der Waals surface area contributed by atoms with E-state index in [1.54, 1.807) is 0 Å². The molecule has 4 nitrogen and oxygen atoms in total. The Balaban J connectivity index is 3.86. The van der Waals surface area contributed by atoms with Crippen molar-refractivity contribution in [3.8, 4) is 0 Å². The zero-order valence-corrected chi connectivity index (χ0v) is 10.0. The second-order valence-corrected chi connectivity index (χ2v) is 5.40. The Morgan fingerprint density at radius 2 is 1.79 bits per heavy atom. The molecule has 0 spiro atoms. The Hall–Kier alpha value is -0.180. The van der Waals surface area contributed by atoms with Crippen LogP contribution in [0.15, 0.2) is 0 Å². The summed E-state index contributed by atoms with van der Waals surface area (Å²) in [6.45, 7) is 2.07. The number of unbranched alkanes of at least 4 members (excludes halogenated alkanes) is 2. The lowest BCUT2D eigenvalue weighted by molar-refractivity contribution is -0.117. The molecule has 0 radical (unpaired) electrons. The lowest BCUT2D eigenvalue weighted by atomic mass is 10.2. The van der Waals surface area contributed by atoms with Gasteiger partial charge in [-0.05, 0) is 6.42 Å². The molecule has 0 unspecified atom stereocenters. The molecule has 0 fully saturated rings. The Bertz CT molecular complexity index is 207. The molecule has 0 aliphatic rings. The summed E-state index contributed by atoms with van der Waals surface area (Å²) < 4.78 is 20.9. The number of hydrogen-bond acceptors (Lipinski definition) is 4. The highest BCUT2D eigenvalue weighted by molar-refractivity contribution is 7.54. The quantitative estimate of drug-likeness (QED) is 0.468. The molecular weight excluding hydrogens is 203 g/mol. The average molecular weight is 222 g/mol. The van der Waals surface area contributed by atoms with E-state index in [9.17, 15) is 9.36 Å². The van der Waals surface area contributed by atoms with Gasteiger partial charge in [-0.3, -0.25) is 9.36 Å². The van der Waals surface area contributed by atoms with E-state index in [1.807, 2.05) is 0 Å². The van der Waals surface area contributed by atoms with Crippen LogP contribution in [0.1, 0.15) is 32.6 Å². The first-order valence-corrected chi connectivity index (χ1v) is 6.53. The van der Waals surface area contributed by atoms with Gasteiger partial charge < -0.3 is 9.05 Å². The summed E-state index contributed by atoms with van der Waals surface area (Å²) in [6, 6.07) is 0. The number of Topliss-reactive ketones (excluding diaryl/α,β-unsaturated/α-hetero) is 1. The Morgan fingerprint density at radius 1 is 1.21 bits per heavy atom. The van der Waals surface area contributed by atoms with Crippen molar-refractivity contribution in [2.24, 2.45) is 0 Å². The van der Waals surface area contributed by atoms with Crippen molar-refractivity contribution in [2.75, 3.05) is 20.4 Å². The highest BCUT2D eigenvalue weighted by Gasteiger charge is 2.24. The smallest absolute Gasteiger partial charge is 0.312 e. The summed E-state index contributed by atoms with van der Waals surface area (Å²) in [5, 5.41) is 0. The van der Waals surface area contributed by atoms with Crippen LogP contribution >= 0.6 is 7.60 Å². The predicted molar refractivity (Wildman–Crippen MR) is 55.6 cm³/mol. The van der Waals surface area contributed by atoms with Crippen molar-refractivity contribution in [1.82, 2.24) is 0 Å². The molecule has 0 aromatic heterocycles. The van der Waals surface area contributed by atoms with Gasteiger partial charge in [0.25, 0.3) is 0 Å². The second kappa shape index (κ2) is 7.16. The van der Waals surface area contributed by atoms with Gasteiger partial charge in [-0.2, -0.15) is 0 Å². The van der Waals surface area contributed by atoms with E-state index in [2.05, 4.69) is 16.0 Å². The van der Waals surface area contributed by atoms with E-state index in [0.717, 1.165) is 19.3 Å². The van der Waals surface area contributed by atoms with E-state index in [-0.39, 0.29) is 11.9 Å². The van der Waals surface area contributed by atoms with Crippen molar-refractivity contribution in [1.29, 1.82) is 0 Å². The second-order valence-electron chi connectivity index (χ2n) is 3.13. The van der Waals surface area contributed by atoms with Gasteiger partial charge >= 0.3 is 7.60 Å². The minimum Gasteiger partial charge on any atom is -0.312 e. The van der Waals surface area contributed by atoms with Crippen LogP contribution < -0.4 is 0 Å². The highest BCUT2D eigenvalue weighted by atomic mass is 31.2. The van der Waals surface area contributed by atoms with Crippen molar-refractivity contribution in [2.45, 2.75) is 32.6 Å². The maximum Gasteiger partial charge on any atom is 0.337 e. The third-order valence-electron chi connectivity index (χ3n) is 1.99. The number of carbonyl (C=O) groups excluding carboxylic acids is 1. The third kappa shape index (κ3) is 5.53. The fourth-order valence-electron chi connectivity index (χ4n) is 1.07. The number of carbonyl (C=O) groups is 1. The minimum absolute atomic E-state index is 0.0505. The van der Waals surface area contributed by atoms with Crippen LogP contribution in [0, 0.1) is 0 Å². The van der Waals surface area contributed by atoms with E-state index < -0.39 is 7.60 Å². The van der Waals surface area contributed by atoms with Crippen LogP contribution in [0.4, 0.5) is 0 Å². The van der Waals surface area contributed by atoms with Gasteiger partial charge in [0.15, 0.2) is 0 Å². The standard InChI is InChI=1S/C9H19O4P/c1-4-5-6-7-9(10)8-14(11,12-2)13-3/h4-8H2,1-3H3. The molecule has 0 rings (SSSR count). The molecule has 0 aliphatic carbocycles. The highest BCUT2D eigenvalue weighted by Crippen LogP contribution is 2.46. The van der Waals surface area contributed by atoms with Crippen LogP contribution in [0.25, 0.3) is 0 Å². The molecule has 0 aliphatic heterocycles. The zero-order valence-electron chi connectivity index (χ0n) is 9.12. The van der Waals surface area contributed by atoms with E-state index in [0.29, 0.717) is 6.42 Å². The normalized spacial score (nSPS) is 11.6. The first-order valence-electron chi connectivity index (χ1n) is 4.80. The van der Waals surface area contributed by atoms with Crippen LogP contribution in [-0.2, 0) is 18.4 Å². The molecule has 0 amide bonds. The predicted octanol–water partition coefficient (Wildman–Crippen LogP) is 2.62. The number of ketones is 1. The van der Waals surface area contributed by atoms with Gasteiger partial charge in [-0.15, -0.1) is 0 Å². The Morgan fingerprint density at radius 3 is 2.21 bits per heavy atom. The minimum atomic E-state index is -3.14. The summed E-state index contributed by atoms with van der Waals surface area (Å²) in [4.78, 5) is 11.3. The molecule has 0 atom stereocenters. The lowest BCUT2D eigenvalue weighted by Gasteiger charge is -2.12. The lowest BCUT2D eigenvalue weighted by Crippen LogP contribution is -2.07. The van der Waals surface area contributed by atoms with Crippen LogP contribution in [-0.4, -0.2) is 26.2 Å². The first kappa shape index (κ1) is 13.8. The first-order chi connectivity index (χ1) is 6.58. The van der Waals surface area contributed by atoms with Crippen molar-refractivity contribution < 1.29 is 18.4 Å². The molecule has 0 N–H and O–H groups in total. The van der Waals surface area contributed by atoms with E-state index >= 15 is 0 Å². The number of rotatable bonds is 8. The average Bonchev–Trinajstić information content (AvgIpc) is 2.18. The van der Waals surface area contributed by atoms with Crippen LogP contribution in [0.2, 0.25) is 0 Å². The van der Waals surface area contributed by atoms with Gasteiger partial charge in [0, 0.05) is 20.6 Å². The monoisotopic (exact) mass is 222 g/mol. The molecule has 0 saturated heterocycles. The van der Waals surface area contributed by atoms with Gasteiger partial charge in [0.05, 0.1) is 0 Å². The van der Waals surface area contributed by atoms with Crippen molar-refractivity contribution >= 4 is 13.4 Å². The Kier molecular flexibility index (Phi) is 7.06. The fraction of sp³-hybridized carbons (Fsp3) is 0.889. The number of hydrogen-bond donors (Lipinski definition) is 0. The van der Waals surface area contributed by atoms with Gasteiger partial charge in [-0.1, -0.05) is 19.8 Å². The summed E-state index contributed by atoms with van der Waals surface area (Å²) in [5.74, 6) is -0.0505. The van der Waals surface area contributed by atoms with Gasteiger partial charge in [0.2, 0.25) is 0 Å². The fourth-order valence-corrected chi connectivity index (χ4v) is 2.07. The zero-order chi connectivity index (χ0) is 11.0. The topological polar surface area (TPSA) is 52.6 Å². The summed E-state index contributed by atoms with van der Waals surface area (Å²) in [6.07, 6.45) is 3.30. The molecule has 0 heterocycles. The van der Waals surface area contributed by atoms with Gasteiger partial charge in [0.1, 0.15) is 11.9 Å². The maximum absolute atomic E-state index is 11.5.